The Balaban J connectivity index is 1.56. The predicted molar refractivity (Wildman–Crippen MR) is 67.6 cm³/mol. The molecule has 0 aromatic rings. The standard InChI is InChI=1S/C14H26N2/c1-11-8-13(15-12-6-7-12)10-16(9-11)14-4-2-3-5-14/h11-15H,2-10H2,1H3. The summed E-state index contributed by atoms with van der Waals surface area (Å²) in [5.41, 5.74) is 0. The summed E-state index contributed by atoms with van der Waals surface area (Å²) in [7, 11) is 0. The lowest BCUT2D eigenvalue weighted by Crippen LogP contribution is -2.52. The maximum atomic E-state index is 3.83. The van der Waals surface area contributed by atoms with Gasteiger partial charge in [-0.3, -0.25) is 4.90 Å². The van der Waals surface area contributed by atoms with Gasteiger partial charge < -0.3 is 5.32 Å². The first-order valence-electron chi connectivity index (χ1n) is 7.31. The van der Waals surface area contributed by atoms with E-state index in [1.54, 1.807) is 0 Å². The fraction of sp³-hybridized carbons (Fsp3) is 1.00. The molecule has 2 nitrogen and oxygen atoms in total. The minimum absolute atomic E-state index is 0.789. The van der Waals surface area contributed by atoms with Gasteiger partial charge in [-0.05, 0) is 38.0 Å². The molecular weight excluding hydrogens is 196 g/mol. The monoisotopic (exact) mass is 222 g/mol. The number of hydrogen-bond acceptors (Lipinski definition) is 2. The number of nitrogens with zero attached hydrogens (tertiary/aromatic N) is 1. The Kier molecular flexibility index (Phi) is 3.21. The van der Waals surface area contributed by atoms with Crippen LogP contribution in [0.15, 0.2) is 0 Å². The summed E-state index contributed by atoms with van der Waals surface area (Å²) in [6, 6.07) is 2.59. The normalized spacial score (nSPS) is 38.1. The van der Waals surface area contributed by atoms with Gasteiger partial charge in [0.1, 0.15) is 0 Å². The van der Waals surface area contributed by atoms with E-state index in [1.165, 1.54) is 58.0 Å². The molecule has 2 aliphatic carbocycles. The van der Waals surface area contributed by atoms with Crippen molar-refractivity contribution < 1.29 is 0 Å². The van der Waals surface area contributed by atoms with Crippen LogP contribution in [0.2, 0.25) is 0 Å². The first-order valence-corrected chi connectivity index (χ1v) is 7.31. The van der Waals surface area contributed by atoms with Crippen molar-refractivity contribution in [2.24, 2.45) is 5.92 Å². The first-order chi connectivity index (χ1) is 7.81. The Morgan fingerprint density at radius 2 is 1.69 bits per heavy atom. The number of hydrogen-bond donors (Lipinski definition) is 1. The van der Waals surface area contributed by atoms with E-state index in [1.807, 2.05) is 0 Å². The van der Waals surface area contributed by atoms with Gasteiger partial charge in [-0.2, -0.15) is 0 Å². The minimum atomic E-state index is 0.789. The summed E-state index contributed by atoms with van der Waals surface area (Å²) in [5.74, 6) is 0.894. The fourth-order valence-corrected chi connectivity index (χ4v) is 3.66. The van der Waals surface area contributed by atoms with Crippen molar-refractivity contribution in [3.05, 3.63) is 0 Å². The van der Waals surface area contributed by atoms with E-state index >= 15 is 0 Å². The Bertz CT molecular complexity index is 229. The molecule has 0 aromatic carbocycles. The fourth-order valence-electron chi connectivity index (χ4n) is 3.66. The summed E-state index contributed by atoms with van der Waals surface area (Å²) in [6.45, 7) is 5.11. The molecule has 1 saturated heterocycles. The van der Waals surface area contributed by atoms with E-state index in [0.717, 1.165) is 24.0 Å². The number of likely N-dealkylation sites (tertiary alicyclic amines) is 1. The Morgan fingerprint density at radius 3 is 2.38 bits per heavy atom. The van der Waals surface area contributed by atoms with Crippen molar-refractivity contribution in [2.45, 2.75) is 70.0 Å². The number of piperidine rings is 1. The van der Waals surface area contributed by atoms with Gasteiger partial charge in [-0.25, -0.2) is 0 Å². The van der Waals surface area contributed by atoms with Crippen LogP contribution in [0, 0.1) is 5.92 Å². The summed E-state index contributed by atoms with van der Waals surface area (Å²) in [5, 5.41) is 3.83. The van der Waals surface area contributed by atoms with Gasteiger partial charge in [-0.15, -0.1) is 0 Å². The molecule has 1 aliphatic heterocycles. The molecule has 0 radical (unpaired) electrons. The van der Waals surface area contributed by atoms with Crippen LogP contribution in [0.4, 0.5) is 0 Å². The van der Waals surface area contributed by atoms with Gasteiger partial charge in [0.25, 0.3) is 0 Å². The van der Waals surface area contributed by atoms with Gasteiger partial charge in [0.15, 0.2) is 0 Å². The van der Waals surface area contributed by atoms with Crippen molar-refractivity contribution in [3.8, 4) is 0 Å². The summed E-state index contributed by atoms with van der Waals surface area (Å²) < 4.78 is 0. The van der Waals surface area contributed by atoms with E-state index in [2.05, 4.69) is 17.1 Å². The van der Waals surface area contributed by atoms with Crippen LogP contribution in [0.5, 0.6) is 0 Å². The molecule has 1 heterocycles. The molecule has 2 heteroatoms. The van der Waals surface area contributed by atoms with Crippen molar-refractivity contribution >= 4 is 0 Å². The highest BCUT2D eigenvalue weighted by molar-refractivity contribution is 4.91. The summed E-state index contributed by atoms with van der Waals surface area (Å²) >= 11 is 0. The van der Waals surface area contributed by atoms with Gasteiger partial charge in [-0.1, -0.05) is 19.8 Å². The van der Waals surface area contributed by atoms with Crippen molar-refractivity contribution in [1.29, 1.82) is 0 Å². The smallest absolute Gasteiger partial charge is 0.0200 e. The lowest BCUT2D eigenvalue weighted by Gasteiger charge is -2.40. The van der Waals surface area contributed by atoms with Crippen LogP contribution in [0.25, 0.3) is 0 Å². The average molecular weight is 222 g/mol. The number of nitrogens with one attached hydrogen (secondary N) is 1. The van der Waals surface area contributed by atoms with Crippen LogP contribution >= 0.6 is 0 Å². The lowest BCUT2D eigenvalue weighted by molar-refractivity contribution is 0.105. The van der Waals surface area contributed by atoms with E-state index in [0.29, 0.717) is 0 Å². The van der Waals surface area contributed by atoms with Gasteiger partial charge >= 0.3 is 0 Å². The van der Waals surface area contributed by atoms with Crippen LogP contribution in [-0.4, -0.2) is 36.1 Å². The molecule has 2 atom stereocenters. The predicted octanol–water partition coefficient (Wildman–Crippen LogP) is 2.39. The third kappa shape index (κ3) is 2.60. The second kappa shape index (κ2) is 4.66. The summed E-state index contributed by atoms with van der Waals surface area (Å²) in [6.07, 6.45) is 10.1. The molecule has 0 amide bonds. The second-order valence-electron chi connectivity index (χ2n) is 6.37. The highest BCUT2D eigenvalue weighted by Gasteiger charge is 2.33. The maximum absolute atomic E-state index is 3.83. The van der Waals surface area contributed by atoms with Crippen molar-refractivity contribution in [3.63, 3.8) is 0 Å². The molecule has 0 aromatic heterocycles. The molecule has 1 N–H and O–H groups in total. The van der Waals surface area contributed by atoms with Crippen molar-refractivity contribution in [2.75, 3.05) is 13.1 Å². The minimum Gasteiger partial charge on any atom is -0.310 e. The molecule has 92 valence electrons. The maximum Gasteiger partial charge on any atom is 0.0200 e. The van der Waals surface area contributed by atoms with E-state index in [4.69, 9.17) is 0 Å². The first kappa shape index (κ1) is 11.0. The Labute approximate surface area is 99.8 Å². The van der Waals surface area contributed by atoms with E-state index < -0.39 is 0 Å². The molecule has 2 saturated carbocycles. The molecule has 16 heavy (non-hydrogen) atoms. The lowest BCUT2D eigenvalue weighted by atomic mass is 9.94. The summed E-state index contributed by atoms with van der Waals surface area (Å²) in [4.78, 5) is 2.79. The van der Waals surface area contributed by atoms with Crippen LogP contribution in [0.3, 0.4) is 0 Å². The molecule has 3 rings (SSSR count). The highest BCUT2D eigenvalue weighted by atomic mass is 15.2. The highest BCUT2D eigenvalue weighted by Crippen LogP contribution is 2.29. The Hall–Kier alpha value is -0.0800. The molecule has 3 aliphatic rings. The quantitative estimate of drug-likeness (QED) is 0.789. The molecular formula is C14H26N2. The molecule has 3 fully saturated rings. The van der Waals surface area contributed by atoms with E-state index in [9.17, 15) is 0 Å². The zero-order chi connectivity index (χ0) is 11.0. The third-order valence-corrected chi connectivity index (χ3v) is 4.58. The average Bonchev–Trinajstić information content (AvgIpc) is 2.90. The van der Waals surface area contributed by atoms with Crippen LogP contribution < -0.4 is 5.32 Å². The SMILES string of the molecule is CC1CC(NC2CC2)CN(C2CCCC2)C1. The van der Waals surface area contributed by atoms with E-state index in [-0.39, 0.29) is 0 Å². The third-order valence-electron chi connectivity index (χ3n) is 4.58. The molecule has 0 bridgehead atoms. The van der Waals surface area contributed by atoms with Gasteiger partial charge in [0, 0.05) is 31.2 Å². The number of rotatable bonds is 3. The van der Waals surface area contributed by atoms with Crippen LogP contribution in [0.1, 0.15) is 51.9 Å². The molecule has 2 unspecified atom stereocenters. The largest absolute Gasteiger partial charge is 0.310 e. The second-order valence-corrected chi connectivity index (χ2v) is 6.37. The van der Waals surface area contributed by atoms with Crippen LogP contribution in [-0.2, 0) is 0 Å². The van der Waals surface area contributed by atoms with Gasteiger partial charge in [0.05, 0.1) is 0 Å². The molecule has 0 spiro atoms. The van der Waals surface area contributed by atoms with Gasteiger partial charge in [0.2, 0.25) is 0 Å². The zero-order valence-corrected chi connectivity index (χ0v) is 10.6. The topological polar surface area (TPSA) is 15.3 Å². The Morgan fingerprint density at radius 1 is 0.938 bits per heavy atom. The zero-order valence-electron chi connectivity index (χ0n) is 10.6. The van der Waals surface area contributed by atoms with Crippen molar-refractivity contribution in [1.82, 2.24) is 10.2 Å².